The molecule has 0 amide bonds. The average Bonchev–Trinajstić information content (AvgIpc) is 2.46. The summed E-state index contributed by atoms with van der Waals surface area (Å²) in [4.78, 5) is 0. The van der Waals surface area contributed by atoms with Crippen molar-refractivity contribution in [2.24, 2.45) is 11.5 Å². The highest BCUT2D eigenvalue weighted by atomic mass is 35.5. The molecule has 1 aromatic carbocycles. The Bertz CT molecular complexity index is 430. The molecule has 0 heterocycles. The van der Waals surface area contributed by atoms with Gasteiger partial charge in [-0.2, -0.15) is 0 Å². The topological polar surface area (TPSA) is 61.3 Å². The lowest BCUT2D eigenvalue weighted by molar-refractivity contribution is 0.380. The number of halogens is 1. The number of ether oxygens (including phenoxy) is 1. The summed E-state index contributed by atoms with van der Waals surface area (Å²) < 4.78 is 5.61. The van der Waals surface area contributed by atoms with Crippen LogP contribution in [0.1, 0.15) is 55.2 Å². The number of rotatable bonds is 4. The van der Waals surface area contributed by atoms with Crippen molar-refractivity contribution in [3.8, 4) is 5.75 Å². The number of nitrogens with two attached hydrogens (primary N) is 2. The van der Waals surface area contributed by atoms with E-state index in [1.807, 2.05) is 12.1 Å². The van der Waals surface area contributed by atoms with Crippen LogP contribution in [0.4, 0.5) is 0 Å². The number of methoxy groups -OCH3 is 1. The first kappa shape index (κ1) is 14.6. The largest absolute Gasteiger partial charge is 0.496 e. The zero-order valence-corrected chi connectivity index (χ0v) is 12.2. The SMILES string of the molecule is COc1c(C(N)CN)cc(Cl)cc1C1CCCCC1. The molecule has 4 N–H and O–H groups in total. The molecule has 1 aliphatic carbocycles. The summed E-state index contributed by atoms with van der Waals surface area (Å²) in [5, 5.41) is 0.722. The van der Waals surface area contributed by atoms with Crippen molar-refractivity contribution in [3.63, 3.8) is 0 Å². The maximum absolute atomic E-state index is 6.25. The summed E-state index contributed by atoms with van der Waals surface area (Å²) in [6.45, 7) is 0.390. The van der Waals surface area contributed by atoms with E-state index in [-0.39, 0.29) is 6.04 Å². The van der Waals surface area contributed by atoms with Gasteiger partial charge in [0.25, 0.3) is 0 Å². The van der Waals surface area contributed by atoms with Gasteiger partial charge in [0.2, 0.25) is 0 Å². The molecule has 2 rings (SSSR count). The predicted octanol–water partition coefficient (Wildman–Crippen LogP) is 3.35. The smallest absolute Gasteiger partial charge is 0.127 e. The maximum Gasteiger partial charge on any atom is 0.127 e. The molecule has 1 unspecified atom stereocenters. The van der Waals surface area contributed by atoms with Crippen LogP contribution in [-0.4, -0.2) is 13.7 Å². The first-order valence-corrected chi connectivity index (χ1v) is 7.38. The predicted molar refractivity (Wildman–Crippen MR) is 79.8 cm³/mol. The Morgan fingerprint density at radius 3 is 2.58 bits per heavy atom. The summed E-state index contributed by atoms with van der Waals surface area (Å²) in [5.41, 5.74) is 13.9. The summed E-state index contributed by atoms with van der Waals surface area (Å²) in [6, 6.07) is 3.68. The van der Waals surface area contributed by atoms with Crippen LogP contribution in [0.25, 0.3) is 0 Å². The van der Waals surface area contributed by atoms with Gasteiger partial charge in [0, 0.05) is 23.2 Å². The summed E-state index contributed by atoms with van der Waals surface area (Å²) in [7, 11) is 1.70. The van der Waals surface area contributed by atoms with E-state index >= 15 is 0 Å². The fourth-order valence-corrected chi connectivity index (χ4v) is 3.23. The van der Waals surface area contributed by atoms with Crippen LogP contribution in [0.5, 0.6) is 5.75 Å². The third-order valence-electron chi connectivity index (χ3n) is 4.01. The van der Waals surface area contributed by atoms with E-state index in [1.165, 1.54) is 37.7 Å². The lowest BCUT2D eigenvalue weighted by atomic mass is 9.82. The van der Waals surface area contributed by atoms with Gasteiger partial charge in [0.1, 0.15) is 5.75 Å². The van der Waals surface area contributed by atoms with Gasteiger partial charge in [-0.1, -0.05) is 30.9 Å². The standard InChI is InChI=1S/C15H23ClN2O/c1-19-15-12(10-5-3-2-4-6-10)7-11(16)8-13(15)14(18)9-17/h7-8,10,14H,2-6,9,17-18H2,1H3. The number of hydrogen-bond donors (Lipinski definition) is 2. The minimum atomic E-state index is -0.226. The third kappa shape index (κ3) is 3.22. The summed E-state index contributed by atoms with van der Waals surface area (Å²) >= 11 is 6.25. The maximum atomic E-state index is 6.25. The molecule has 3 nitrogen and oxygen atoms in total. The van der Waals surface area contributed by atoms with Crippen molar-refractivity contribution in [2.75, 3.05) is 13.7 Å². The molecule has 0 radical (unpaired) electrons. The van der Waals surface area contributed by atoms with E-state index in [9.17, 15) is 0 Å². The minimum absolute atomic E-state index is 0.226. The Morgan fingerprint density at radius 2 is 2.00 bits per heavy atom. The molecule has 1 aromatic rings. The van der Waals surface area contributed by atoms with Gasteiger partial charge in [-0.25, -0.2) is 0 Å². The van der Waals surface area contributed by atoms with E-state index < -0.39 is 0 Å². The Hall–Kier alpha value is -0.770. The van der Waals surface area contributed by atoms with Crippen LogP contribution in [0.2, 0.25) is 5.02 Å². The van der Waals surface area contributed by atoms with E-state index in [0.717, 1.165) is 16.3 Å². The normalized spacial score (nSPS) is 18.3. The number of benzene rings is 1. The zero-order valence-electron chi connectivity index (χ0n) is 11.5. The highest BCUT2D eigenvalue weighted by Crippen LogP contribution is 2.41. The van der Waals surface area contributed by atoms with E-state index in [4.69, 9.17) is 27.8 Å². The zero-order chi connectivity index (χ0) is 13.8. The molecule has 0 aromatic heterocycles. The quantitative estimate of drug-likeness (QED) is 0.890. The number of hydrogen-bond acceptors (Lipinski definition) is 3. The second-order valence-electron chi connectivity index (χ2n) is 5.29. The molecule has 106 valence electrons. The third-order valence-corrected chi connectivity index (χ3v) is 4.23. The van der Waals surface area contributed by atoms with E-state index in [1.54, 1.807) is 7.11 Å². The van der Waals surface area contributed by atoms with Crippen molar-refractivity contribution in [1.29, 1.82) is 0 Å². The van der Waals surface area contributed by atoms with Gasteiger partial charge in [0.15, 0.2) is 0 Å². The fourth-order valence-electron chi connectivity index (χ4n) is 2.99. The van der Waals surface area contributed by atoms with Gasteiger partial charge in [-0.3, -0.25) is 0 Å². The molecule has 1 saturated carbocycles. The molecular formula is C15H23ClN2O. The van der Waals surface area contributed by atoms with E-state index in [0.29, 0.717) is 12.5 Å². The molecule has 4 heteroatoms. The highest BCUT2D eigenvalue weighted by Gasteiger charge is 2.23. The molecule has 1 fully saturated rings. The average molecular weight is 283 g/mol. The van der Waals surface area contributed by atoms with Gasteiger partial charge >= 0.3 is 0 Å². The Kier molecular flexibility index (Phi) is 5.08. The Labute approximate surface area is 120 Å². The molecule has 1 atom stereocenters. The van der Waals surface area contributed by atoms with Crippen LogP contribution >= 0.6 is 11.6 Å². The van der Waals surface area contributed by atoms with Crippen LogP contribution in [0.15, 0.2) is 12.1 Å². The van der Waals surface area contributed by atoms with E-state index in [2.05, 4.69) is 0 Å². The van der Waals surface area contributed by atoms with Gasteiger partial charge in [0.05, 0.1) is 7.11 Å². The molecule has 0 spiro atoms. The van der Waals surface area contributed by atoms with Crippen LogP contribution < -0.4 is 16.2 Å². The van der Waals surface area contributed by atoms with Crippen molar-refractivity contribution < 1.29 is 4.74 Å². The van der Waals surface area contributed by atoms with Crippen LogP contribution in [0.3, 0.4) is 0 Å². The van der Waals surface area contributed by atoms with Gasteiger partial charge in [-0.05, 0) is 36.5 Å². The van der Waals surface area contributed by atoms with Crippen molar-refractivity contribution in [2.45, 2.75) is 44.1 Å². The highest BCUT2D eigenvalue weighted by molar-refractivity contribution is 6.30. The van der Waals surface area contributed by atoms with Crippen molar-refractivity contribution in [1.82, 2.24) is 0 Å². The molecule has 0 saturated heterocycles. The molecule has 19 heavy (non-hydrogen) atoms. The minimum Gasteiger partial charge on any atom is -0.496 e. The fraction of sp³-hybridized carbons (Fsp3) is 0.600. The lowest BCUT2D eigenvalue weighted by Crippen LogP contribution is -2.22. The van der Waals surface area contributed by atoms with Crippen LogP contribution in [-0.2, 0) is 0 Å². The van der Waals surface area contributed by atoms with Crippen LogP contribution in [0, 0.1) is 0 Å². The molecule has 1 aliphatic rings. The van der Waals surface area contributed by atoms with Crippen molar-refractivity contribution in [3.05, 3.63) is 28.3 Å². The molecule has 0 bridgehead atoms. The Morgan fingerprint density at radius 1 is 1.32 bits per heavy atom. The van der Waals surface area contributed by atoms with Crippen molar-refractivity contribution >= 4 is 11.6 Å². The first-order valence-electron chi connectivity index (χ1n) is 7.00. The van der Waals surface area contributed by atoms with Gasteiger partial charge < -0.3 is 16.2 Å². The monoisotopic (exact) mass is 282 g/mol. The summed E-state index contributed by atoms with van der Waals surface area (Å²) in [5.74, 6) is 1.42. The first-order chi connectivity index (χ1) is 9.17. The molecule has 0 aliphatic heterocycles. The van der Waals surface area contributed by atoms with Gasteiger partial charge in [-0.15, -0.1) is 0 Å². The Balaban J connectivity index is 2.43. The lowest BCUT2D eigenvalue weighted by Gasteiger charge is -2.26. The molecular weight excluding hydrogens is 260 g/mol. The summed E-state index contributed by atoms with van der Waals surface area (Å²) in [6.07, 6.45) is 6.29. The second kappa shape index (κ2) is 6.60. The second-order valence-corrected chi connectivity index (χ2v) is 5.73.